The van der Waals surface area contributed by atoms with Crippen LogP contribution < -0.4 is 0 Å². The van der Waals surface area contributed by atoms with Crippen molar-refractivity contribution in [1.29, 1.82) is 0 Å². The summed E-state index contributed by atoms with van der Waals surface area (Å²) >= 11 is 0. The van der Waals surface area contributed by atoms with E-state index in [1.54, 1.807) is 0 Å². The van der Waals surface area contributed by atoms with Gasteiger partial charge in [0.1, 0.15) is 0 Å². The van der Waals surface area contributed by atoms with Crippen molar-refractivity contribution in [2.45, 2.75) is 63.6 Å². The third-order valence-corrected chi connectivity index (χ3v) is 4.98. The standard InChI is InChI=1S/C13H22O4/c1-3-13(4-2)12(10(15)16)7-5-6-11(8-12,9-14)17-13/h14H,3-9H2,1-2H3,(H,15,16). The molecule has 2 bridgehead atoms. The molecule has 1 aliphatic carbocycles. The molecule has 2 rings (SSSR count). The largest absolute Gasteiger partial charge is 0.481 e. The van der Waals surface area contributed by atoms with Crippen LogP contribution in [0.4, 0.5) is 0 Å². The van der Waals surface area contributed by atoms with Crippen molar-refractivity contribution < 1.29 is 19.7 Å². The van der Waals surface area contributed by atoms with E-state index < -0.39 is 22.6 Å². The average Bonchev–Trinajstić information content (AvgIpc) is 2.56. The molecule has 0 amide bonds. The third kappa shape index (κ3) is 1.47. The topological polar surface area (TPSA) is 66.8 Å². The molecule has 0 aromatic heterocycles. The molecule has 2 N–H and O–H groups in total. The molecule has 98 valence electrons. The summed E-state index contributed by atoms with van der Waals surface area (Å²) in [6.07, 6.45) is 4.13. The lowest BCUT2D eigenvalue weighted by Gasteiger charge is -2.40. The smallest absolute Gasteiger partial charge is 0.312 e. The van der Waals surface area contributed by atoms with Crippen LogP contribution in [0.2, 0.25) is 0 Å². The molecule has 0 aromatic carbocycles. The molecule has 1 heterocycles. The van der Waals surface area contributed by atoms with E-state index in [1.165, 1.54) is 0 Å². The number of aliphatic hydroxyl groups is 1. The number of hydrogen-bond acceptors (Lipinski definition) is 3. The first-order valence-corrected chi connectivity index (χ1v) is 6.54. The van der Waals surface area contributed by atoms with Gasteiger partial charge >= 0.3 is 5.97 Å². The van der Waals surface area contributed by atoms with Crippen LogP contribution in [-0.2, 0) is 9.53 Å². The average molecular weight is 242 g/mol. The number of carbonyl (C=O) groups is 1. The quantitative estimate of drug-likeness (QED) is 0.790. The van der Waals surface area contributed by atoms with E-state index in [4.69, 9.17) is 4.74 Å². The fourth-order valence-corrected chi connectivity index (χ4v) is 4.04. The van der Waals surface area contributed by atoms with Crippen LogP contribution in [0, 0.1) is 5.41 Å². The van der Waals surface area contributed by atoms with Gasteiger partial charge in [-0.05, 0) is 38.5 Å². The maximum atomic E-state index is 11.8. The number of carboxylic acids is 1. The van der Waals surface area contributed by atoms with Crippen LogP contribution in [0.1, 0.15) is 52.4 Å². The summed E-state index contributed by atoms with van der Waals surface area (Å²) in [5.74, 6) is -0.753. The van der Waals surface area contributed by atoms with Gasteiger partial charge in [-0.25, -0.2) is 0 Å². The normalized spacial score (nSPS) is 39.2. The van der Waals surface area contributed by atoms with Crippen LogP contribution in [0.3, 0.4) is 0 Å². The second-order valence-corrected chi connectivity index (χ2v) is 5.56. The van der Waals surface area contributed by atoms with E-state index in [0.29, 0.717) is 25.7 Å². The Bertz CT molecular complexity index is 323. The van der Waals surface area contributed by atoms with E-state index in [1.807, 2.05) is 13.8 Å². The fourth-order valence-electron chi connectivity index (χ4n) is 4.04. The van der Waals surface area contributed by atoms with Gasteiger partial charge in [0.2, 0.25) is 0 Å². The number of hydrogen-bond donors (Lipinski definition) is 2. The molecule has 0 radical (unpaired) electrons. The van der Waals surface area contributed by atoms with Crippen LogP contribution in [0.5, 0.6) is 0 Å². The summed E-state index contributed by atoms with van der Waals surface area (Å²) in [4.78, 5) is 11.8. The van der Waals surface area contributed by atoms with Gasteiger partial charge in [-0.15, -0.1) is 0 Å². The lowest BCUT2D eigenvalue weighted by Crippen LogP contribution is -2.49. The van der Waals surface area contributed by atoms with Gasteiger partial charge in [-0.2, -0.15) is 0 Å². The zero-order chi connectivity index (χ0) is 12.7. The summed E-state index contributed by atoms with van der Waals surface area (Å²) in [6.45, 7) is 3.91. The minimum atomic E-state index is -0.794. The Morgan fingerprint density at radius 1 is 1.29 bits per heavy atom. The van der Waals surface area contributed by atoms with Crippen molar-refractivity contribution in [3.8, 4) is 0 Å². The van der Waals surface area contributed by atoms with Crippen molar-refractivity contribution in [1.82, 2.24) is 0 Å². The SMILES string of the molecule is CCC1(CC)OC2(CO)CCCC1(C(=O)O)C2. The Morgan fingerprint density at radius 3 is 2.41 bits per heavy atom. The zero-order valence-corrected chi connectivity index (χ0v) is 10.7. The summed E-state index contributed by atoms with van der Waals surface area (Å²) in [6, 6.07) is 0. The Balaban J connectivity index is 2.49. The van der Waals surface area contributed by atoms with Gasteiger partial charge in [0, 0.05) is 0 Å². The highest BCUT2D eigenvalue weighted by Crippen LogP contribution is 2.61. The Labute approximate surface area is 102 Å². The van der Waals surface area contributed by atoms with Crippen LogP contribution in [0.25, 0.3) is 0 Å². The Morgan fingerprint density at radius 2 is 1.94 bits per heavy atom. The van der Waals surface area contributed by atoms with E-state index in [9.17, 15) is 15.0 Å². The van der Waals surface area contributed by atoms with Crippen molar-refractivity contribution in [3.05, 3.63) is 0 Å². The number of rotatable bonds is 4. The van der Waals surface area contributed by atoms with Crippen LogP contribution in [0.15, 0.2) is 0 Å². The van der Waals surface area contributed by atoms with Gasteiger partial charge < -0.3 is 14.9 Å². The molecular weight excluding hydrogens is 220 g/mol. The molecule has 2 unspecified atom stereocenters. The van der Waals surface area contributed by atoms with Crippen molar-refractivity contribution in [3.63, 3.8) is 0 Å². The van der Waals surface area contributed by atoms with Crippen LogP contribution in [-0.4, -0.2) is 34.0 Å². The molecule has 4 heteroatoms. The molecular formula is C13H22O4. The number of aliphatic carboxylic acids is 1. The highest BCUT2D eigenvalue weighted by Gasteiger charge is 2.68. The predicted molar refractivity (Wildman–Crippen MR) is 62.8 cm³/mol. The first-order valence-electron chi connectivity index (χ1n) is 6.54. The third-order valence-electron chi connectivity index (χ3n) is 4.98. The summed E-state index contributed by atoms with van der Waals surface area (Å²) < 4.78 is 6.14. The number of fused-ring (bicyclic) bond motifs is 2. The molecule has 2 atom stereocenters. The molecule has 0 spiro atoms. The first kappa shape index (κ1) is 12.8. The highest BCUT2D eigenvalue weighted by atomic mass is 16.5. The van der Waals surface area contributed by atoms with Crippen molar-refractivity contribution >= 4 is 5.97 Å². The second-order valence-electron chi connectivity index (χ2n) is 5.56. The molecule has 0 aromatic rings. The number of ether oxygens (including phenoxy) is 1. The van der Waals surface area contributed by atoms with E-state index in [-0.39, 0.29) is 6.61 Å². The molecule has 2 aliphatic rings. The lowest BCUT2D eigenvalue weighted by atomic mass is 9.61. The molecule has 1 saturated heterocycles. The molecule has 17 heavy (non-hydrogen) atoms. The second kappa shape index (κ2) is 3.95. The molecule has 1 aliphatic heterocycles. The molecule has 4 nitrogen and oxygen atoms in total. The van der Waals surface area contributed by atoms with Gasteiger partial charge in [0.25, 0.3) is 0 Å². The van der Waals surface area contributed by atoms with E-state index >= 15 is 0 Å². The minimum Gasteiger partial charge on any atom is -0.481 e. The van der Waals surface area contributed by atoms with E-state index in [2.05, 4.69) is 0 Å². The maximum absolute atomic E-state index is 11.8. The first-order chi connectivity index (χ1) is 8.00. The number of aliphatic hydroxyl groups excluding tert-OH is 1. The Hall–Kier alpha value is -0.610. The summed E-state index contributed by atoms with van der Waals surface area (Å²) in [7, 11) is 0. The zero-order valence-electron chi connectivity index (χ0n) is 10.7. The predicted octanol–water partition coefficient (Wildman–Crippen LogP) is 1.95. The van der Waals surface area contributed by atoms with Gasteiger partial charge in [-0.1, -0.05) is 13.8 Å². The minimum absolute atomic E-state index is 0.0657. The fraction of sp³-hybridized carbons (Fsp3) is 0.923. The maximum Gasteiger partial charge on any atom is 0.312 e. The monoisotopic (exact) mass is 242 g/mol. The van der Waals surface area contributed by atoms with Gasteiger partial charge in [-0.3, -0.25) is 4.79 Å². The molecule has 2 fully saturated rings. The lowest BCUT2D eigenvalue weighted by molar-refractivity contribution is -0.169. The van der Waals surface area contributed by atoms with Crippen molar-refractivity contribution in [2.24, 2.45) is 5.41 Å². The van der Waals surface area contributed by atoms with Crippen LogP contribution >= 0.6 is 0 Å². The number of carboxylic acid groups (broad SMARTS) is 1. The van der Waals surface area contributed by atoms with E-state index in [0.717, 1.165) is 12.8 Å². The van der Waals surface area contributed by atoms with Gasteiger partial charge in [0.05, 0.1) is 23.2 Å². The Kier molecular flexibility index (Phi) is 2.99. The highest BCUT2D eigenvalue weighted by molar-refractivity contribution is 5.77. The van der Waals surface area contributed by atoms with Crippen molar-refractivity contribution in [2.75, 3.05) is 6.61 Å². The summed E-state index contributed by atoms with van der Waals surface area (Å²) in [5.41, 5.74) is -2.00. The van der Waals surface area contributed by atoms with Gasteiger partial charge in [0.15, 0.2) is 0 Å². The summed E-state index contributed by atoms with van der Waals surface area (Å²) in [5, 5.41) is 19.2. The molecule has 1 saturated carbocycles.